The number of ether oxygens (including phenoxy) is 1. The second-order valence-corrected chi connectivity index (χ2v) is 5.74. The minimum absolute atomic E-state index is 0.0835. The second-order valence-electron chi connectivity index (χ2n) is 5.74. The summed E-state index contributed by atoms with van der Waals surface area (Å²) in [6.45, 7) is 4.79. The van der Waals surface area contributed by atoms with Gasteiger partial charge in [0.05, 0.1) is 12.7 Å². The predicted molar refractivity (Wildman–Crippen MR) is 96.6 cm³/mol. The summed E-state index contributed by atoms with van der Waals surface area (Å²) in [6, 6.07) is 11.8. The number of hydrogen-bond acceptors (Lipinski definition) is 4. The summed E-state index contributed by atoms with van der Waals surface area (Å²) in [7, 11) is 1.67. The molecule has 0 fully saturated rings. The van der Waals surface area contributed by atoms with Crippen LogP contribution in [0.5, 0.6) is 5.75 Å². The molecule has 1 aromatic carbocycles. The maximum absolute atomic E-state index is 12.0. The zero-order chi connectivity index (χ0) is 17.4. The molecule has 0 aliphatic heterocycles. The van der Waals surface area contributed by atoms with Crippen LogP contribution in [-0.2, 0) is 6.42 Å². The Morgan fingerprint density at radius 3 is 2.79 bits per heavy atom. The van der Waals surface area contributed by atoms with Gasteiger partial charge in [0.1, 0.15) is 11.6 Å². The number of nitrogens with one attached hydrogen (secondary N) is 2. The van der Waals surface area contributed by atoms with Crippen molar-refractivity contribution in [3.8, 4) is 5.75 Å². The van der Waals surface area contributed by atoms with Crippen molar-refractivity contribution in [2.75, 3.05) is 19.0 Å². The molecule has 0 aliphatic rings. The molecular formula is C19H25N3O2. The maximum Gasteiger partial charge on any atom is 0.253 e. The quantitative estimate of drug-likeness (QED) is 0.781. The van der Waals surface area contributed by atoms with Crippen LogP contribution in [0, 0.1) is 0 Å². The number of hydrogen-bond donors (Lipinski definition) is 2. The maximum atomic E-state index is 12.0. The van der Waals surface area contributed by atoms with Crippen LogP contribution in [-0.4, -0.2) is 30.6 Å². The monoisotopic (exact) mass is 327 g/mol. The summed E-state index contributed by atoms with van der Waals surface area (Å²) >= 11 is 0. The molecule has 1 aromatic heterocycles. The number of rotatable bonds is 8. The van der Waals surface area contributed by atoms with E-state index in [4.69, 9.17) is 4.74 Å². The molecule has 2 N–H and O–H groups in total. The molecule has 0 saturated carbocycles. The topological polar surface area (TPSA) is 63.2 Å². The minimum Gasteiger partial charge on any atom is -0.497 e. The van der Waals surface area contributed by atoms with Gasteiger partial charge in [0, 0.05) is 18.8 Å². The predicted octanol–water partition coefficient (Wildman–Crippen LogP) is 3.27. The first-order chi connectivity index (χ1) is 11.6. The summed E-state index contributed by atoms with van der Waals surface area (Å²) in [6.07, 6.45) is 3.38. The molecule has 24 heavy (non-hydrogen) atoms. The molecule has 0 spiro atoms. The van der Waals surface area contributed by atoms with Crippen molar-refractivity contribution in [3.05, 3.63) is 53.7 Å². The van der Waals surface area contributed by atoms with Crippen LogP contribution < -0.4 is 15.4 Å². The second kappa shape index (κ2) is 8.91. The standard InChI is InChI=1S/C19H25N3O2/c1-4-14(2)22-19(23)16-8-9-18(21-13-16)20-11-10-15-6-5-7-17(12-15)24-3/h5-9,12-14H,4,10-11H2,1-3H3,(H,20,21)(H,22,23). The number of amides is 1. The van der Waals surface area contributed by atoms with Gasteiger partial charge in [-0.15, -0.1) is 0 Å². The molecule has 5 heteroatoms. The highest BCUT2D eigenvalue weighted by atomic mass is 16.5. The highest BCUT2D eigenvalue weighted by Gasteiger charge is 2.08. The molecule has 2 rings (SSSR count). The molecule has 1 atom stereocenters. The Bertz CT molecular complexity index is 656. The first kappa shape index (κ1) is 17.8. The normalized spacial score (nSPS) is 11.6. The van der Waals surface area contributed by atoms with E-state index in [0.717, 1.165) is 31.0 Å². The highest BCUT2D eigenvalue weighted by Crippen LogP contribution is 2.13. The fraction of sp³-hybridized carbons (Fsp3) is 0.368. The van der Waals surface area contributed by atoms with Crippen molar-refractivity contribution in [1.82, 2.24) is 10.3 Å². The van der Waals surface area contributed by atoms with E-state index in [-0.39, 0.29) is 11.9 Å². The molecule has 1 heterocycles. The molecule has 0 radical (unpaired) electrons. The fourth-order valence-corrected chi connectivity index (χ4v) is 2.20. The van der Waals surface area contributed by atoms with Crippen molar-refractivity contribution >= 4 is 11.7 Å². The number of aromatic nitrogens is 1. The van der Waals surface area contributed by atoms with Crippen LogP contribution in [0.25, 0.3) is 0 Å². The molecule has 0 bridgehead atoms. The van der Waals surface area contributed by atoms with Crippen molar-refractivity contribution in [1.29, 1.82) is 0 Å². The highest BCUT2D eigenvalue weighted by molar-refractivity contribution is 5.94. The van der Waals surface area contributed by atoms with Gasteiger partial charge in [0.15, 0.2) is 0 Å². The van der Waals surface area contributed by atoms with E-state index < -0.39 is 0 Å². The van der Waals surface area contributed by atoms with Gasteiger partial charge in [-0.05, 0) is 49.6 Å². The summed E-state index contributed by atoms with van der Waals surface area (Å²) in [4.78, 5) is 16.3. The van der Waals surface area contributed by atoms with Gasteiger partial charge in [0.2, 0.25) is 0 Å². The van der Waals surface area contributed by atoms with Gasteiger partial charge in [0.25, 0.3) is 5.91 Å². The first-order valence-corrected chi connectivity index (χ1v) is 8.26. The average Bonchev–Trinajstić information content (AvgIpc) is 2.62. The number of benzene rings is 1. The van der Waals surface area contributed by atoms with E-state index in [1.165, 1.54) is 5.56 Å². The van der Waals surface area contributed by atoms with Gasteiger partial charge >= 0.3 is 0 Å². The molecule has 0 saturated heterocycles. The lowest BCUT2D eigenvalue weighted by atomic mass is 10.1. The molecule has 5 nitrogen and oxygen atoms in total. The largest absolute Gasteiger partial charge is 0.497 e. The third-order valence-corrected chi connectivity index (χ3v) is 3.87. The van der Waals surface area contributed by atoms with E-state index in [1.54, 1.807) is 19.4 Å². The molecule has 1 amide bonds. The van der Waals surface area contributed by atoms with Crippen LogP contribution in [0.1, 0.15) is 36.2 Å². The number of pyridine rings is 1. The Balaban J connectivity index is 1.84. The molecule has 0 aliphatic carbocycles. The summed E-state index contributed by atoms with van der Waals surface area (Å²) in [5.41, 5.74) is 1.78. The van der Waals surface area contributed by atoms with Crippen LogP contribution in [0.2, 0.25) is 0 Å². The lowest BCUT2D eigenvalue weighted by Gasteiger charge is -2.11. The third kappa shape index (κ3) is 5.26. The van der Waals surface area contributed by atoms with Gasteiger partial charge < -0.3 is 15.4 Å². The Morgan fingerprint density at radius 1 is 1.29 bits per heavy atom. The number of nitrogens with zero attached hydrogens (tertiary/aromatic N) is 1. The van der Waals surface area contributed by atoms with E-state index in [0.29, 0.717) is 5.56 Å². The molecule has 1 unspecified atom stereocenters. The number of carbonyl (C=O) groups excluding carboxylic acids is 1. The summed E-state index contributed by atoms with van der Waals surface area (Å²) in [5, 5.41) is 6.19. The SMILES string of the molecule is CCC(C)NC(=O)c1ccc(NCCc2cccc(OC)c2)nc1. The van der Waals surface area contributed by atoms with Gasteiger partial charge in [-0.3, -0.25) is 4.79 Å². The van der Waals surface area contributed by atoms with Crippen LogP contribution in [0.3, 0.4) is 0 Å². The van der Waals surface area contributed by atoms with Crippen LogP contribution >= 0.6 is 0 Å². The zero-order valence-electron chi connectivity index (χ0n) is 14.5. The number of anilines is 1. The van der Waals surface area contributed by atoms with Gasteiger partial charge in [-0.1, -0.05) is 19.1 Å². The molecule has 2 aromatic rings. The summed E-state index contributed by atoms with van der Waals surface area (Å²) < 4.78 is 5.22. The van der Waals surface area contributed by atoms with E-state index in [2.05, 4.69) is 21.7 Å². The van der Waals surface area contributed by atoms with Crippen LogP contribution in [0.15, 0.2) is 42.6 Å². The average molecular weight is 327 g/mol. The molecule has 128 valence electrons. The van der Waals surface area contributed by atoms with Crippen molar-refractivity contribution in [2.45, 2.75) is 32.7 Å². The van der Waals surface area contributed by atoms with Crippen molar-refractivity contribution < 1.29 is 9.53 Å². The van der Waals surface area contributed by atoms with E-state index in [1.807, 2.05) is 38.1 Å². The van der Waals surface area contributed by atoms with Crippen molar-refractivity contribution in [2.24, 2.45) is 0 Å². The third-order valence-electron chi connectivity index (χ3n) is 3.87. The fourth-order valence-electron chi connectivity index (χ4n) is 2.20. The number of methoxy groups -OCH3 is 1. The van der Waals surface area contributed by atoms with Crippen LogP contribution in [0.4, 0.5) is 5.82 Å². The lowest BCUT2D eigenvalue weighted by molar-refractivity contribution is 0.0939. The van der Waals surface area contributed by atoms with Gasteiger partial charge in [-0.25, -0.2) is 4.98 Å². The molecular weight excluding hydrogens is 302 g/mol. The Labute approximate surface area is 143 Å². The first-order valence-electron chi connectivity index (χ1n) is 8.26. The Morgan fingerprint density at radius 2 is 2.12 bits per heavy atom. The smallest absolute Gasteiger partial charge is 0.253 e. The Kier molecular flexibility index (Phi) is 6.61. The van der Waals surface area contributed by atoms with E-state index >= 15 is 0 Å². The van der Waals surface area contributed by atoms with Crippen molar-refractivity contribution in [3.63, 3.8) is 0 Å². The summed E-state index contributed by atoms with van der Waals surface area (Å²) in [5.74, 6) is 1.54. The Hall–Kier alpha value is -2.56. The number of carbonyl (C=O) groups is 1. The zero-order valence-corrected chi connectivity index (χ0v) is 14.5. The minimum atomic E-state index is -0.0835. The van der Waals surface area contributed by atoms with E-state index in [9.17, 15) is 4.79 Å². The van der Waals surface area contributed by atoms with Gasteiger partial charge in [-0.2, -0.15) is 0 Å². The lowest BCUT2D eigenvalue weighted by Crippen LogP contribution is -2.31.